The molecule has 4 heteroatoms. The molecule has 0 aliphatic carbocycles. The van der Waals surface area contributed by atoms with Crippen molar-refractivity contribution in [1.29, 1.82) is 0 Å². The van der Waals surface area contributed by atoms with Crippen LogP contribution in [0.1, 0.15) is 32.6 Å². The molecule has 1 aliphatic heterocycles. The number of piperazine rings is 1. The molecule has 0 bridgehead atoms. The second-order valence-electron chi connectivity index (χ2n) is 8.31. The van der Waals surface area contributed by atoms with Crippen molar-refractivity contribution >= 4 is 5.91 Å². The highest BCUT2D eigenvalue weighted by molar-refractivity contribution is 5.94. The van der Waals surface area contributed by atoms with Crippen molar-refractivity contribution in [2.45, 2.75) is 27.0 Å². The number of benzene rings is 3. The van der Waals surface area contributed by atoms with Crippen LogP contribution in [0.2, 0.25) is 0 Å². The summed E-state index contributed by atoms with van der Waals surface area (Å²) in [5.74, 6) is 0.999. The lowest BCUT2D eigenvalue weighted by Crippen LogP contribution is -2.48. The summed E-state index contributed by atoms with van der Waals surface area (Å²) in [6, 6.07) is 24.5. The Morgan fingerprint density at radius 3 is 2.35 bits per heavy atom. The predicted molar refractivity (Wildman–Crippen MR) is 124 cm³/mol. The monoisotopic (exact) mass is 414 g/mol. The maximum absolute atomic E-state index is 13.1. The summed E-state index contributed by atoms with van der Waals surface area (Å²) >= 11 is 0. The number of amides is 1. The van der Waals surface area contributed by atoms with E-state index in [4.69, 9.17) is 4.74 Å². The molecular weight excluding hydrogens is 384 g/mol. The number of rotatable bonds is 6. The van der Waals surface area contributed by atoms with Gasteiger partial charge < -0.3 is 9.64 Å². The minimum atomic E-state index is 0.105. The lowest BCUT2D eigenvalue weighted by molar-refractivity contribution is 0.0628. The number of hydrogen-bond acceptors (Lipinski definition) is 3. The average Bonchev–Trinajstić information content (AvgIpc) is 2.80. The van der Waals surface area contributed by atoms with E-state index in [1.54, 1.807) is 0 Å². The zero-order valence-corrected chi connectivity index (χ0v) is 18.4. The van der Waals surface area contributed by atoms with Gasteiger partial charge in [0.15, 0.2) is 0 Å². The molecule has 3 aromatic carbocycles. The first-order valence-corrected chi connectivity index (χ1v) is 10.9. The lowest BCUT2D eigenvalue weighted by Gasteiger charge is -2.34. The van der Waals surface area contributed by atoms with E-state index in [-0.39, 0.29) is 5.91 Å². The average molecular weight is 415 g/mol. The van der Waals surface area contributed by atoms with Gasteiger partial charge in [0.1, 0.15) is 12.4 Å². The van der Waals surface area contributed by atoms with Gasteiger partial charge in [-0.25, -0.2) is 0 Å². The molecule has 4 nitrogen and oxygen atoms in total. The second-order valence-corrected chi connectivity index (χ2v) is 8.31. The van der Waals surface area contributed by atoms with E-state index in [1.165, 1.54) is 11.1 Å². The summed E-state index contributed by atoms with van der Waals surface area (Å²) in [7, 11) is 0. The van der Waals surface area contributed by atoms with Crippen LogP contribution in [0.4, 0.5) is 0 Å². The van der Waals surface area contributed by atoms with Gasteiger partial charge in [-0.15, -0.1) is 0 Å². The predicted octanol–water partition coefficient (Wildman–Crippen LogP) is 4.84. The molecule has 160 valence electrons. The van der Waals surface area contributed by atoms with Crippen molar-refractivity contribution in [2.24, 2.45) is 0 Å². The van der Waals surface area contributed by atoms with Crippen molar-refractivity contribution in [1.82, 2.24) is 9.80 Å². The topological polar surface area (TPSA) is 32.8 Å². The SMILES string of the molecule is Cc1ccc(C)c(OCc2cccc(C(=O)N3CCN(Cc4ccccc4)CC3)c2)c1. The molecule has 1 heterocycles. The third-order valence-electron chi connectivity index (χ3n) is 5.82. The summed E-state index contributed by atoms with van der Waals surface area (Å²) in [5.41, 5.74) is 5.36. The number of ether oxygens (including phenoxy) is 1. The van der Waals surface area contributed by atoms with E-state index >= 15 is 0 Å². The van der Waals surface area contributed by atoms with Crippen molar-refractivity contribution in [3.63, 3.8) is 0 Å². The van der Waals surface area contributed by atoms with Crippen LogP contribution < -0.4 is 4.74 Å². The van der Waals surface area contributed by atoms with Gasteiger partial charge in [-0.05, 0) is 54.3 Å². The Morgan fingerprint density at radius 2 is 1.58 bits per heavy atom. The van der Waals surface area contributed by atoms with Gasteiger partial charge in [-0.2, -0.15) is 0 Å². The fourth-order valence-electron chi connectivity index (χ4n) is 3.95. The Labute approximate surface area is 185 Å². The van der Waals surface area contributed by atoms with Crippen molar-refractivity contribution < 1.29 is 9.53 Å². The smallest absolute Gasteiger partial charge is 0.253 e. The molecule has 0 N–H and O–H groups in total. The van der Waals surface area contributed by atoms with Gasteiger partial charge >= 0.3 is 0 Å². The first-order chi connectivity index (χ1) is 15.1. The first kappa shape index (κ1) is 21.1. The third-order valence-corrected chi connectivity index (χ3v) is 5.82. The Balaban J connectivity index is 1.33. The minimum Gasteiger partial charge on any atom is -0.489 e. The quantitative estimate of drug-likeness (QED) is 0.579. The largest absolute Gasteiger partial charge is 0.489 e. The van der Waals surface area contributed by atoms with Crippen LogP contribution in [0.25, 0.3) is 0 Å². The number of hydrogen-bond donors (Lipinski definition) is 0. The molecule has 0 spiro atoms. The number of aryl methyl sites for hydroxylation is 2. The van der Waals surface area contributed by atoms with Gasteiger partial charge in [0, 0.05) is 38.3 Å². The fourth-order valence-corrected chi connectivity index (χ4v) is 3.95. The highest BCUT2D eigenvalue weighted by Crippen LogP contribution is 2.21. The molecular formula is C27H30N2O2. The van der Waals surface area contributed by atoms with E-state index in [2.05, 4.69) is 54.3 Å². The summed E-state index contributed by atoms with van der Waals surface area (Å²) in [5, 5.41) is 0. The van der Waals surface area contributed by atoms with E-state index in [9.17, 15) is 4.79 Å². The van der Waals surface area contributed by atoms with Gasteiger partial charge in [0.05, 0.1) is 0 Å². The van der Waals surface area contributed by atoms with Crippen LogP contribution in [-0.4, -0.2) is 41.9 Å². The second kappa shape index (κ2) is 9.80. The maximum atomic E-state index is 13.1. The van der Waals surface area contributed by atoms with Crippen molar-refractivity contribution in [3.05, 3.63) is 101 Å². The molecule has 0 aromatic heterocycles. The van der Waals surface area contributed by atoms with Crippen molar-refractivity contribution in [2.75, 3.05) is 26.2 Å². The lowest BCUT2D eigenvalue weighted by atomic mass is 10.1. The molecule has 0 unspecified atom stereocenters. The third kappa shape index (κ3) is 5.53. The van der Waals surface area contributed by atoms with E-state index < -0.39 is 0 Å². The molecule has 1 saturated heterocycles. The van der Waals surface area contributed by atoms with Gasteiger partial charge in [0.25, 0.3) is 5.91 Å². The highest BCUT2D eigenvalue weighted by atomic mass is 16.5. The molecule has 1 aliphatic rings. The van der Waals surface area contributed by atoms with Gasteiger partial charge in [-0.3, -0.25) is 9.69 Å². The Morgan fingerprint density at radius 1 is 0.839 bits per heavy atom. The normalized spacial score (nSPS) is 14.5. The molecule has 0 atom stereocenters. The van der Waals surface area contributed by atoms with Crippen LogP contribution in [0, 0.1) is 13.8 Å². The van der Waals surface area contributed by atoms with Gasteiger partial charge in [-0.1, -0.05) is 54.6 Å². The van der Waals surface area contributed by atoms with E-state index in [0.29, 0.717) is 6.61 Å². The van der Waals surface area contributed by atoms with Crippen molar-refractivity contribution in [3.8, 4) is 5.75 Å². The van der Waals surface area contributed by atoms with Crippen LogP contribution in [0.5, 0.6) is 5.75 Å². The summed E-state index contributed by atoms with van der Waals surface area (Å²) in [6.07, 6.45) is 0. The van der Waals surface area contributed by atoms with Crippen LogP contribution in [-0.2, 0) is 13.2 Å². The molecule has 31 heavy (non-hydrogen) atoms. The zero-order chi connectivity index (χ0) is 21.6. The molecule has 4 rings (SSSR count). The Bertz CT molecular complexity index is 1020. The minimum absolute atomic E-state index is 0.105. The number of carbonyl (C=O) groups excluding carboxylic acids is 1. The van der Waals surface area contributed by atoms with E-state index in [0.717, 1.165) is 55.2 Å². The van der Waals surface area contributed by atoms with Gasteiger partial charge in [0.2, 0.25) is 0 Å². The van der Waals surface area contributed by atoms with Crippen LogP contribution >= 0.6 is 0 Å². The summed E-state index contributed by atoms with van der Waals surface area (Å²) in [4.78, 5) is 17.4. The van der Waals surface area contributed by atoms with E-state index in [1.807, 2.05) is 42.2 Å². The van der Waals surface area contributed by atoms with Crippen LogP contribution in [0.15, 0.2) is 72.8 Å². The Hall–Kier alpha value is -3.11. The molecule has 1 amide bonds. The molecule has 3 aromatic rings. The zero-order valence-electron chi connectivity index (χ0n) is 18.4. The molecule has 0 saturated carbocycles. The summed E-state index contributed by atoms with van der Waals surface area (Å²) in [6.45, 7) is 8.82. The molecule has 0 radical (unpaired) electrons. The number of nitrogens with zero attached hydrogens (tertiary/aromatic N) is 2. The molecule has 1 fully saturated rings. The number of carbonyl (C=O) groups is 1. The Kier molecular flexibility index (Phi) is 6.68. The van der Waals surface area contributed by atoms with Crippen LogP contribution in [0.3, 0.4) is 0 Å². The first-order valence-electron chi connectivity index (χ1n) is 10.9. The standard InChI is InChI=1S/C27H30N2O2/c1-21-11-12-22(2)26(17-21)31-20-24-9-6-10-25(18-24)27(30)29-15-13-28(14-16-29)19-23-7-4-3-5-8-23/h3-12,17-18H,13-16,19-20H2,1-2H3. The fraction of sp³-hybridized carbons (Fsp3) is 0.296. The maximum Gasteiger partial charge on any atom is 0.253 e. The highest BCUT2D eigenvalue weighted by Gasteiger charge is 2.22. The summed E-state index contributed by atoms with van der Waals surface area (Å²) < 4.78 is 6.02.